The summed E-state index contributed by atoms with van der Waals surface area (Å²) in [6, 6.07) is 0.110. The van der Waals surface area contributed by atoms with Crippen LogP contribution in [-0.2, 0) is 0 Å². The first-order valence-electron chi connectivity index (χ1n) is 5.13. The van der Waals surface area contributed by atoms with Gasteiger partial charge in [0.15, 0.2) is 0 Å². The van der Waals surface area contributed by atoms with Crippen LogP contribution in [0.3, 0.4) is 0 Å². The summed E-state index contributed by atoms with van der Waals surface area (Å²) in [4.78, 5) is 0. The van der Waals surface area contributed by atoms with Crippen LogP contribution < -0.4 is 5.32 Å². The number of nitrogens with zero attached hydrogens (tertiary/aromatic N) is 2. The molecule has 0 saturated heterocycles. The predicted molar refractivity (Wildman–Crippen MR) is 68.5 cm³/mol. The third-order valence-electron chi connectivity index (χ3n) is 2.28. The smallest absolute Gasteiger partial charge is 0.104 e. The molecule has 0 aliphatic carbocycles. The van der Waals surface area contributed by atoms with Gasteiger partial charge in [-0.25, -0.2) is 0 Å². The van der Waals surface area contributed by atoms with Gasteiger partial charge in [0, 0.05) is 15.4 Å². The maximum absolute atomic E-state index is 4.15. The van der Waals surface area contributed by atoms with E-state index < -0.39 is 0 Å². The normalized spacial score (nSPS) is 12.9. The number of thiophene rings is 1. The minimum Gasteiger partial charge on any atom is -0.305 e. The summed E-state index contributed by atoms with van der Waals surface area (Å²) < 4.78 is 1.12. The van der Waals surface area contributed by atoms with Crippen LogP contribution in [0.4, 0.5) is 0 Å². The molecule has 4 nitrogen and oxygen atoms in total. The fraction of sp³-hybridized carbons (Fsp3) is 0.400. The van der Waals surface area contributed by atoms with Crippen LogP contribution >= 0.6 is 27.3 Å². The van der Waals surface area contributed by atoms with Crippen molar-refractivity contribution in [1.29, 1.82) is 0 Å². The molecule has 0 aliphatic heterocycles. The Morgan fingerprint density at radius 2 is 2.44 bits per heavy atom. The van der Waals surface area contributed by atoms with Crippen LogP contribution in [0.2, 0.25) is 0 Å². The van der Waals surface area contributed by atoms with Crippen molar-refractivity contribution in [1.82, 2.24) is 20.7 Å². The number of rotatable bonds is 5. The number of aromatic nitrogens is 3. The van der Waals surface area contributed by atoms with E-state index in [4.69, 9.17) is 0 Å². The van der Waals surface area contributed by atoms with Gasteiger partial charge >= 0.3 is 0 Å². The standard InChI is InChI=1S/C10H13BrN4S/c1-2-3-12-10(9-4-13-15-14-9)7-5-16-6-8(7)11/h4-6,10,12H,2-3H2,1H3,(H,13,14,15). The average Bonchev–Trinajstić information content (AvgIpc) is 2.91. The summed E-state index contributed by atoms with van der Waals surface area (Å²) in [5.41, 5.74) is 2.14. The molecule has 0 saturated carbocycles. The van der Waals surface area contributed by atoms with E-state index in [1.807, 2.05) is 0 Å². The molecule has 2 aromatic rings. The van der Waals surface area contributed by atoms with E-state index in [0.29, 0.717) is 0 Å². The molecule has 86 valence electrons. The summed E-state index contributed by atoms with van der Waals surface area (Å²) in [6.07, 6.45) is 2.85. The van der Waals surface area contributed by atoms with Crippen molar-refractivity contribution in [3.8, 4) is 0 Å². The van der Waals surface area contributed by atoms with Crippen LogP contribution in [0.5, 0.6) is 0 Å². The molecule has 0 amide bonds. The first-order chi connectivity index (χ1) is 7.83. The molecule has 2 rings (SSSR count). The Bertz CT molecular complexity index is 426. The van der Waals surface area contributed by atoms with Gasteiger partial charge in [0.05, 0.1) is 12.2 Å². The zero-order valence-corrected chi connectivity index (χ0v) is 11.3. The van der Waals surface area contributed by atoms with Gasteiger partial charge in [-0.15, -0.1) is 0 Å². The summed E-state index contributed by atoms with van der Waals surface area (Å²) >= 11 is 5.24. The highest BCUT2D eigenvalue weighted by atomic mass is 79.9. The topological polar surface area (TPSA) is 53.6 Å². The van der Waals surface area contributed by atoms with E-state index >= 15 is 0 Å². The van der Waals surface area contributed by atoms with Gasteiger partial charge < -0.3 is 5.32 Å². The van der Waals surface area contributed by atoms with E-state index in [-0.39, 0.29) is 6.04 Å². The number of hydrogen-bond acceptors (Lipinski definition) is 4. The molecular weight excluding hydrogens is 288 g/mol. The molecule has 1 unspecified atom stereocenters. The lowest BCUT2D eigenvalue weighted by atomic mass is 10.1. The molecule has 0 fully saturated rings. The second-order valence-corrected chi connectivity index (χ2v) is 5.05. The van der Waals surface area contributed by atoms with E-state index in [1.54, 1.807) is 17.5 Å². The van der Waals surface area contributed by atoms with E-state index in [1.165, 1.54) is 5.56 Å². The first-order valence-corrected chi connectivity index (χ1v) is 6.87. The molecule has 0 aliphatic rings. The number of halogens is 1. The van der Waals surface area contributed by atoms with Crippen LogP contribution in [0, 0.1) is 0 Å². The Hall–Kier alpha value is -0.720. The van der Waals surface area contributed by atoms with Gasteiger partial charge in [0.2, 0.25) is 0 Å². The summed E-state index contributed by atoms with van der Waals surface area (Å²) in [5, 5.41) is 18.4. The Balaban J connectivity index is 2.25. The van der Waals surface area contributed by atoms with Crippen molar-refractivity contribution in [3.63, 3.8) is 0 Å². The van der Waals surface area contributed by atoms with Gasteiger partial charge in [-0.3, -0.25) is 0 Å². The van der Waals surface area contributed by atoms with Crippen molar-refractivity contribution in [2.45, 2.75) is 19.4 Å². The number of H-pyrrole nitrogens is 1. The molecule has 6 heteroatoms. The quantitative estimate of drug-likeness (QED) is 0.893. The van der Waals surface area contributed by atoms with Crippen LogP contribution in [0.15, 0.2) is 21.4 Å². The predicted octanol–water partition coefficient (Wildman–Crippen LogP) is 2.72. The SMILES string of the molecule is CCCNC(c1cn[nH]n1)c1cscc1Br. The average molecular weight is 301 g/mol. The Kier molecular flexibility index (Phi) is 4.09. The van der Waals surface area contributed by atoms with Gasteiger partial charge in [-0.2, -0.15) is 26.7 Å². The minimum atomic E-state index is 0.110. The largest absolute Gasteiger partial charge is 0.305 e. The Labute approximate surface area is 107 Å². The van der Waals surface area contributed by atoms with E-state index in [9.17, 15) is 0 Å². The zero-order chi connectivity index (χ0) is 11.4. The second-order valence-electron chi connectivity index (χ2n) is 3.46. The van der Waals surface area contributed by atoms with Crippen LogP contribution in [0.1, 0.15) is 30.6 Å². The van der Waals surface area contributed by atoms with E-state index in [2.05, 4.69) is 54.3 Å². The Morgan fingerprint density at radius 1 is 1.56 bits per heavy atom. The van der Waals surface area contributed by atoms with Crippen LogP contribution in [-0.4, -0.2) is 22.0 Å². The van der Waals surface area contributed by atoms with Crippen molar-refractivity contribution in [2.75, 3.05) is 6.54 Å². The van der Waals surface area contributed by atoms with Gasteiger partial charge in [0.25, 0.3) is 0 Å². The number of aromatic amines is 1. The molecule has 0 aromatic carbocycles. The highest BCUT2D eigenvalue weighted by molar-refractivity contribution is 9.10. The van der Waals surface area contributed by atoms with Crippen molar-refractivity contribution in [2.24, 2.45) is 0 Å². The van der Waals surface area contributed by atoms with Crippen molar-refractivity contribution in [3.05, 3.63) is 32.7 Å². The summed E-state index contributed by atoms with van der Waals surface area (Å²) in [6.45, 7) is 3.11. The monoisotopic (exact) mass is 300 g/mol. The third-order valence-corrected chi connectivity index (χ3v) is 4.03. The molecule has 2 aromatic heterocycles. The van der Waals surface area contributed by atoms with Gasteiger partial charge in [0.1, 0.15) is 5.69 Å². The minimum absolute atomic E-state index is 0.110. The molecule has 16 heavy (non-hydrogen) atoms. The lowest BCUT2D eigenvalue weighted by molar-refractivity contribution is 0.585. The highest BCUT2D eigenvalue weighted by Crippen LogP contribution is 2.30. The van der Waals surface area contributed by atoms with Crippen molar-refractivity contribution < 1.29 is 0 Å². The van der Waals surface area contributed by atoms with Crippen molar-refractivity contribution >= 4 is 27.3 Å². The van der Waals surface area contributed by atoms with E-state index in [0.717, 1.165) is 23.1 Å². The first kappa shape index (κ1) is 11.8. The molecule has 0 spiro atoms. The molecule has 2 N–H and O–H groups in total. The maximum atomic E-state index is 4.15. The molecular formula is C10H13BrN4S. The molecule has 2 heterocycles. The highest BCUT2D eigenvalue weighted by Gasteiger charge is 2.18. The summed E-state index contributed by atoms with van der Waals surface area (Å²) in [5.74, 6) is 0. The maximum Gasteiger partial charge on any atom is 0.104 e. The fourth-order valence-electron chi connectivity index (χ4n) is 1.51. The van der Waals surface area contributed by atoms with Gasteiger partial charge in [-0.05, 0) is 34.3 Å². The number of nitrogens with one attached hydrogen (secondary N) is 2. The molecule has 0 radical (unpaired) electrons. The lowest BCUT2D eigenvalue weighted by Gasteiger charge is -2.15. The molecule has 1 atom stereocenters. The second kappa shape index (κ2) is 5.56. The molecule has 0 bridgehead atoms. The third kappa shape index (κ3) is 2.50. The summed E-state index contributed by atoms with van der Waals surface area (Å²) in [7, 11) is 0. The lowest BCUT2D eigenvalue weighted by Crippen LogP contribution is -2.23. The van der Waals surface area contributed by atoms with Crippen LogP contribution in [0.25, 0.3) is 0 Å². The number of hydrogen-bond donors (Lipinski definition) is 2. The van der Waals surface area contributed by atoms with Gasteiger partial charge in [-0.1, -0.05) is 6.92 Å². The fourth-order valence-corrected chi connectivity index (χ4v) is 3.06. The Morgan fingerprint density at radius 3 is 3.00 bits per heavy atom. The zero-order valence-electron chi connectivity index (χ0n) is 8.90.